The average Bonchev–Trinajstić information content (AvgIpc) is 2.62. The second-order valence-electron chi connectivity index (χ2n) is 10.6. The van der Waals surface area contributed by atoms with Crippen LogP contribution in [0.5, 0.6) is 0 Å². The Labute approximate surface area is 187 Å². The zero-order valence-corrected chi connectivity index (χ0v) is 20.3. The van der Waals surface area contributed by atoms with Gasteiger partial charge in [-0.25, -0.2) is 4.79 Å². The third-order valence-corrected chi connectivity index (χ3v) is 4.70. The Bertz CT molecular complexity index is 708. The predicted molar refractivity (Wildman–Crippen MR) is 123 cm³/mol. The molecular weight excluding hydrogens is 394 g/mol. The molecule has 3 atom stereocenters. The molecule has 4 N–H and O–H groups in total. The molecule has 0 saturated carbocycles. The Morgan fingerprint density at radius 3 is 2.06 bits per heavy atom. The summed E-state index contributed by atoms with van der Waals surface area (Å²) in [4.78, 5) is 27.0. The van der Waals surface area contributed by atoms with Gasteiger partial charge in [-0.1, -0.05) is 65.0 Å². The number of benzene rings is 1. The lowest BCUT2D eigenvalue weighted by atomic mass is 9.86. The molecule has 0 saturated heterocycles. The highest BCUT2D eigenvalue weighted by Gasteiger charge is 2.33. The van der Waals surface area contributed by atoms with Crippen molar-refractivity contribution in [1.82, 2.24) is 10.2 Å². The van der Waals surface area contributed by atoms with E-state index >= 15 is 0 Å². The van der Waals surface area contributed by atoms with Crippen LogP contribution in [0.15, 0.2) is 30.3 Å². The van der Waals surface area contributed by atoms with E-state index < -0.39 is 35.3 Å². The van der Waals surface area contributed by atoms with Crippen LogP contribution in [0.4, 0.5) is 4.79 Å². The Hall–Kier alpha value is -2.12. The average molecular weight is 436 g/mol. The van der Waals surface area contributed by atoms with Crippen molar-refractivity contribution < 1.29 is 19.4 Å². The quantitative estimate of drug-likeness (QED) is 0.580. The largest absolute Gasteiger partial charge is 0.444 e. The Kier molecular flexibility index (Phi) is 9.51. The number of amides is 2. The molecule has 0 heterocycles. The minimum Gasteiger partial charge on any atom is -0.444 e. The lowest BCUT2D eigenvalue weighted by molar-refractivity contribution is -0.126. The molecule has 7 heteroatoms. The van der Waals surface area contributed by atoms with Crippen molar-refractivity contribution in [2.45, 2.75) is 79.2 Å². The van der Waals surface area contributed by atoms with Crippen LogP contribution in [-0.4, -0.2) is 52.8 Å². The zero-order valence-electron chi connectivity index (χ0n) is 20.3. The maximum atomic E-state index is 12.8. The second kappa shape index (κ2) is 11.0. The minimum absolute atomic E-state index is 0.0116. The molecule has 0 aliphatic rings. The molecule has 7 nitrogen and oxygen atoms in total. The molecule has 176 valence electrons. The van der Waals surface area contributed by atoms with E-state index in [1.54, 1.807) is 20.8 Å². The van der Waals surface area contributed by atoms with Gasteiger partial charge in [-0.3, -0.25) is 4.79 Å². The first kappa shape index (κ1) is 26.9. The molecular formula is C24H41N3O4. The fourth-order valence-electron chi connectivity index (χ4n) is 3.02. The Morgan fingerprint density at radius 2 is 1.61 bits per heavy atom. The van der Waals surface area contributed by atoms with Crippen LogP contribution >= 0.6 is 0 Å². The lowest BCUT2D eigenvalue weighted by Gasteiger charge is -2.34. The molecule has 2 amide bonds. The summed E-state index contributed by atoms with van der Waals surface area (Å²) in [6, 6.07) is 7.73. The summed E-state index contributed by atoms with van der Waals surface area (Å²) in [5.41, 5.74) is 5.78. The molecule has 1 unspecified atom stereocenters. The number of ether oxygens (including phenoxy) is 1. The van der Waals surface area contributed by atoms with E-state index in [-0.39, 0.29) is 18.4 Å². The summed E-state index contributed by atoms with van der Waals surface area (Å²) in [7, 11) is 0. The molecule has 1 rings (SSSR count). The topological polar surface area (TPSA) is 105 Å². The van der Waals surface area contributed by atoms with Crippen molar-refractivity contribution in [1.29, 1.82) is 0 Å². The normalized spacial score (nSPS) is 15.2. The van der Waals surface area contributed by atoms with E-state index in [1.165, 1.54) is 4.90 Å². The van der Waals surface area contributed by atoms with Crippen LogP contribution in [0.25, 0.3) is 0 Å². The maximum absolute atomic E-state index is 12.8. The molecule has 1 aromatic rings. The van der Waals surface area contributed by atoms with E-state index in [2.05, 4.69) is 5.32 Å². The van der Waals surface area contributed by atoms with E-state index in [4.69, 9.17) is 10.5 Å². The smallest absolute Gasteiger partial charge is 0.410 e. The molecule has 1 aromatic carbocycles. The maximum Gasteiger partial charge on any atom is 0.410 e. The van der Waals surface area contributed by atoms with Crippen LogP contribution in [0, 0.1) is 11.3 Å². The van der Waals surface area contributed by atoms with Crippen LogP contribution in [-0.2, 0) is 9.53 Å². The number of nitrogens with two attached hydrogens (primary N) is 1. The van der Waals surface area contributed by atoms with E-state index in [0.717, 1.165) is 5.56 Å². The molecule has 0 radical (unpaired) electrons. The van der Waals surface area contributed by atoms with Gasteiger partial charge in [0, 0.05) is 6.54 Å². The van der Waals surface area contributed by atoms with Gasteiger partial charge in [0.15, 0.2) is 0 Å². The Balaban J connectivity index is 3.13. The van der Waals surface area contributed by atoms with Gasteiger partial charge in [0.1, 0.15) is 5.60 Å². The summed E-state index contributed by atoms with van der Waals surface area (Å²) in [5, 5.41) is 14.0. The molecule has 0 aliphatic carbocycles. The van der Waals surface area contributed by atoms with Gasteiger partial charge in [0.25, 0.3) is 0 Å². The Morgan fingerprint density at radius 1 is 1.06 bits per heavy atom. The highest BCUT2D eigenvalue weighted by Crippen LogP contribution is 2.22. The first-order valence-electron chi connectivity index (χ1n) is 10.9. The molecule has 0 aliphatic heterocycles. The summed E-state index contributed by atoms with van der Waals surface area (Å²) >= 11 is 0. The zero-order chi connectivity index (χ0) is 24.0. The number of hydrogen-bond acceptors (Lipinski definition) is 5. The monoisotopic (exact) mass is 435 g/mol. The second-order valence-corrected chi connectivity index (χ2v) is 10.6. The van der Waals surface area contributed by atoms with Gasteiger partial charge in [0.2, 0.25) is 5.91 Å². The van der Waals surface area contributed by atoms with Crippen molar-refractivity contribution in [3.05, 3.63) is 35.9 Å². The van der Waals surface area contributed by atoms with Crippen molar-refractivity contribution in [2.24, 2.45) is 17.1 Å². The van der Waals surface area contributed by atoms with Crippen LogP contribution in [0.1, 0.15) is 67.0 Å². The van der Waals surface area contributed by atoms with Gasteiger partial charge in [-0.2, -0.15) is 0 Å². The summed E-state index contributed by atoms with van der Waals surface area (Å²) in [6.07, 6.45) is -1.55. The number of carbonyl (C=O) groups is 2. The van der Waals surface area contributed by atoms with Gasteiger partial charge in [-0.05, 0) is 37.7 Å². The first-order valence-corrected chi connectivity index (χ1v) is 10.9. The highest BCUT2D eigenvalue weighted by molar-refractivity contribution is 5.82. The van der Waals surface area contributed by atoms with E-state index in [9.17, 15) is 14.7 Å². The van der Waals surface area contributed by atoms with Crippen LogP contribution in [0.2, 0.25) is 0 Å². The lowest BCUT2D eigenvalue weighted by Crippen LogP contribution is -2.53. The van der Waals surface area contributed by atoms with Gasteiger partial charge < -0.3 is 25.8 Å². The van der Waals surface area contributed by atoms with Gasteiger partial charge >= 0.3 is 6.09 Å². The van der Waals surface area contributed by atoms with Crippen molar-refractivity contribution in [3.8, 4) is 0 Å². The fourth-order valence-corrected chi connectivity index (χ4v) is 3.02. The molecule has 0 aromatic heterocycles. The number of nitrogens with one attached hydrogen (secondary N) is 1. The van der Waals surface area contributed by atoms with Crippen molar-refractivity contribution in [2.75, 3.05) is 13.1 Å². The standard InChI is InChI=1S/C24H41N3O4/c1-16(2)14-27(22(30)31-24(6,7)8)15-18(28)19(17-12-10-9-11-13-17)26-21(29)20(25)23(3,4)5/h9-13,16,18-20,28H,14-15,25H2,1-8H3,(H,26,29)/t18-,19?,20-/m1/s1. The predicted octanol–water partition coefficient (Wildman–Crippen LogP) is 3.47. The minimum atomic E-state index is -1.05. The number of aliphatic hydroxyl groups is 1. The van der Waals surface area contributed by atoms with Gasteiger partial charge in [-0.15, -0.1) is 0 Å². The number of aliphatic hydroxyl groups excluding tert-OH is 1. The summed E-state index contributed by atoms with van der Waals surface area (Å²) in [6.45, 7) is 15.5. The van der Waals surface area contributed by atoms with Crippen LogP contribution in [0.3, 0.4) is 0 Å². The third-order valence-electron chi connectivity index (χ3n) is 4.70. The molecule has 31 heavy (non-hydrogen) atoms. The van der Waals surface area contributed by atoms with Crippen LogP contribution < -0.4 is 11.1 Å². The SMILES string of the molecule is CC(C)CN(C[C@@H](O)C(NC(=O)[C@@H](N)C(C)(C)C)c1ccccc1)C(=O)OC(C)(C)C. The number of hydrogen-bond donors (Lipinski definition) is 3. The summed E-state index contributed by atoms with van der Waals surface area (Å²) in [5.74, 6) is -0.174. The number of nitrogens with zero attached hydrogens (tertiary/aromatic N) is 1. The number of carbonyl (C=O) groups excluding carboxylic acids is 2. The molecule has 0 bridgehead atoms. The fraction of sp³-hybridized carbons (Fsp3) is 0.667. The van der Waals surface area contributed by atoms with Gasteiger partial charge in [0.05, 0.1) is 24.7 Å². The number of rotatable bonds is 8. The first-order chi connectivity index (χ1) is 14.1. The summed E-state index contributed by atoms with van der Waals surface area (Å²) < 4.78 is 5.52. The highest BCUT2D eigenvalue weighted by atomic mass is 16.6. The van der Waals surface area contributed by atoms with E-state index in [1.807, 2.05) is 65.0 Å². The molecule has 0 fully saturated rings. The molecule has 0 spiro atoms. The van der Waals surface area contributed by atoms with Crippen molar-refractivity contribution in [3.63, 3.8) is 0 Å². The third kappa shape index (κ3) is 9.27. The van der Waals surface area contributed by atoms with Crippen molar-refractivity contribution >= 4 is 12.0 Å². The van der Waals surface area contributed by atoms with E-state index in [0.29, 0.717) is 6.54 Å².